The first-order valence-electron chi connectivity index (χ1n) is 8.51. The van der Waals surface area contributed by atoms with E-state index < -0.39 is 0 Å². The molecule has 0 saturated heterocycles. The molecule has 0 N–H and O–H groups in total. The normalized spacial score (nSPS) is 12.0. The Labute approximate surface area is 148 Å². The fraction of sp³-hybridized carbons (Fsp3) is 0.150. The van der Waals surface area contributed by atoms with Crippen molar-refractivity contribution in [3.8, 4) is 11.6 Å². The van der Waals surface area contributed by atoms with E-state index in [9.17, 15) is 4.79 Å². The maximum atomic E-state index is 13.3. The molecule has 128 valence electrons. The topological polar surface area (TPSA) is 65.3 Å². The largest absolute Gasteiger partial charge is 0.435 e. The van der Waals surface area contributed by atoms with Crippen LogP contribution >= 0.6 is 0 Å². The van der Waals surface area contributed by atoms with Gasteiger partial charge >= 0.3 is 0 Å². The SMILES string of the molecule is CC(C)n1c(=O)c2c(-c3nc4ccccc4o3)ncn2c2ccccc21. The maximum Gasteiger partial charge on any atom is 0.278 e. The zero-order valence-electron chi connectivity index (χ0n) is 14.4. The van der Waals surface area contributed by atoms with Crippen LogP contribution in [0.2, 0.25) is 0 Å². The highest BCUT2D eigenvalue weighted by atomic mass is 16.3. The Bertz CT molecular complexity index is 1310. The van der Waals surface area contributed by atoms with Crippen LogP contribution in [0.3, 0.4) is 0 Å². The Morgan fingerprint density at radius 3 is 2.50 bits per heavy atom. The molecule has 5 aromatic rings. The zero-order valence-corrected chi connectivity index (χ0v) is 14.4. The summed E-state index contributed by atoms with van der Waals surface area (Å²) >= 11 is 0. The van der Waals surface area contributed by atoms with Crippen LogP contribution in [-0.4, -0.2) is 18.9 Å². The van der Waals surface area contributed by atoms with E-state index in [4.69, 9.17) is 4.42 Å². The van der Waals surface area contributed by atoms with Crippen LogP contribution < -0.4 is 5.56 Å². The lowest BCUT2D eigenvalue weighted by Gasteiger charge is -2.15. The van der Waals surface area contributed by atoms with Gasteiger partial charge < -0.3 is 8.98 Å². The van der Waals surface area contributed by atoms with Gasteiger partial charge in [0.1, 0.15) is 17.4 Å². The van der Waals surface area contributed by atoms with E-state index in [0.29, 0.717) is 22.7 Å². The molecule has 26 heavy (non-hydrogen) atoms. The Hall–Kier alpha value is -3.41. The summed E-state index contributed by atoms with van der Waals surface area (Å²) in [6.07, 6.45) is 1.66. The Balaban J connectivity index is 1.92. The van der Waals surface area contributed by atoms with Crippen LogP contribution in [0.25, 0.3) is 39.2 Å². The van der Waals surface area contributed by atoms with E-state index in [0.717, 1.165) is 16.6 Å². The molecule has 3 heterocycles. The molecule has 6 heteroatoms. The molecule has 5 rings (SSSR count). The molecular weight excluding hydrogens is 328 g/mol. The number of rotatable bonds is 2. The zero-order chi connectivity index (χ0) is 17.8. The summed E-state index contributed by atoms with van der Waals surface area (Å²) in [5.74, 6) is 0.358. The number of para-hydroxylation sites is 4. The van der Waals surface area contributed by atoms with Crippen molar-refractivity contribution in [3.63, 3.8) is 0 Å². The number of imidazole rings is 1. The van der Waals surface area contributed by atoms with Crippen molar-refractivity contribution < 1.29 is 4.42 Å². The Morgan fingerprint density at radius 2 is 1.73 bits per heavy atom. The predicted octanol–water partition coefficient (Wildman–Crippen LogP) is 4.04. The maximum absolute atomic E-state index is 13.3. The van der Waals surface area contributed by atoms with E-state index in [-0.39, 0.29) is 11.6 Å². The number of aromatic nitrogens is 4. The van der Waals surface area contributed by atoms with E-state index in [1.54, 1.807) is 10.9 Å². The molecule has 0 aliphatic carbocycles. The monoisotopic (exact) mass is 344 g/mol. The van der Waals surface area contributed by atoms with Crippen LogP contribution in [0, 0.1) is 0 Å². The van der Waals surface area contributed by atoms with Crippen molar-refractivity contribution in [2.75, 3.05) is 0 Å². The van der Waals surface area contributed by atoms with Gasteiger partial charge in [-0.15, -0.1) is 0 Å². The molecule has 6 nitrogen and oxygen atoms in total. The highest BCUT2D eigenvalue weighted by Gasteiger charge is 2.21. The summed E-state index contributed by atoms with van der Waals surface area (Å²) in [6.45, 7) is 4.00. The van der Waals surface area contributed by atoms with Gasteiger partial charge in [0.2, 0.25) is 5.89 Å². The van der Waals surface area contributed by atoms with Crippen molar-refractivity contribution >= 4 is 27.6 Å². The summed E-state index contributed by atoms with van der Waals surface area (Å²) in [7, 11) is 0. The number of nitrogens with zero attached hydrogens (tertiary/aromatic N) is 4. The van der Waals surface area contributed by atoms with Crippen LogP contribution in [0.4, 0.5) is 0 Å². The van der Waals surface area contributed by atoms with Gasteiger partial charge in [-0.1, -0.05) is 24.3 Å². The van der Waals surface area contributed by atoms with Crippen LogP contribution in [-0.2, 0) is 0 Å². The Morgan fingerprint density at radius 1 is 1.00 bits per heavy atom. The summed E-state index contributed by atoms with van der Waals surface area (Å²) in [5, 5.41) is 0. The molecular formula is C20H16N4O2. The second-order valence-electron chi connectivity index (χ2n) is 6.56. The third-order valence-corrected chi connectivity index (χ3v) is 4.60. The first-order valence-corrected chi connectivity index (χ1v) is 8.51. The van der Waals surface area contributed by atoms with E-state index in [1.807, 2.05) is 66.8 Å². The average molecular weight is 344 g/mol. The lowest BCUT2D eigenvalue weighted by Crippen LogP contribution is -2.24. The van der Waals surface area contributed by atoms with Gasteiger partial charge in [-0.2, -0.15) is 0 Å². The van der Waals surface area contributed by atoms with Crippen molar-refractivity contribution in [2.45, 2.75) is 19.9 Å². The first-order chi connectivity index (χ1) is 12.6. The first kappa shape index (κ1) is 14.9. The summed E-state index contributed by atoms with van der Waals surface area (Å²) in [4.78, 5) is 22.3. The lowest BCUT2D eigenvalue weighted by molar-refractivity contribution is 0.600. The number of hydrogen-bond donors (Lipinski definition) is 0. The van der Waals surface area contributed by atoms with Gasteiger partial charge in [0, 0.05) is 6.04 Å². The van der Waals surface area contributed by atoms with Gasteiger partial charge in [0.25, 0.3) is 5.56 Å². The van der Waals surface area contributed by atoms with Crippen molar-refractivity contribution in [1.82, 2.24) is 18.9 Å². The number of fused-ring (bicyclic) bond motifs is 4. The molecule has 0 aliphatic rings. The molecule has 0 unspecified atom stereocenters. The molecule has 0 saturated carbocycles. The molecule has 2 aromatic carbocycles. The molecule has 0 fully saturated rings. The van der Waals surface area contributed by atoms with Crippen LogP contribution in [0.1, 0.15) is 19.9 Å². The minimum absolute atomic E-state index is 0.0174. The van der Waals surface area contributed by atoms with Crippen molar-refractivity contribution in [1.29, 1.82) is 0 Å². The summed E-state index contributed by atoms with van der Waals surface area (Å²) < 4.78 is 9.46. The summed E-state index contributed by atoms with van der Waals surface area (Å²) in [5.41, 5.74) is 4.05. The number of oxazole rings is 1. The van der Waals surface area contributed by atoms with Gasteiger partial charge in [0.15, 0.2) is 11.3 Å². The molecule has 3 aromatic heterocycles. The van der Waals surface area contributed by atoms with Gasteiger partial charge in [-0.3, -0.25) is 9.20 Å². The minimum atomic E-state index is -0.103. The molecule has 0 radical (unpaired) electrons. The van der Waals surface area contributed by atoms with Crippen LogP contribution in [0.15, 0.2) is 64.1 Å². The highest BCUT2D eigenvalue weighted by molar-refractivity contribution is 5.85. The van der Waals surface area contributed by atoms with E-state index >= 15 is 0 Å². The molecule has 0 spiro atoms. The van der Waals surface area contributed by atoms with Crippen LogP contribution in [0.5, 0.6) is 0 Å². The fourth-order valence-corrected chi connectivity index (χ4v) is 3.47. The standard InChI is InChI=1S/C20H16N4O2/c1-12(2)24-15-9-5-4-8-14(15)23-11-21-17(18(23)20(24)25)19-22-13-7-3-6-10-16(13)26-19/h3-12H,1-2H3. The smallest absolute Gasteiger partial charge is 0.278 e. The predicted molar refractivity (Wildman–Crippen MR) is 100 cm³/mol. The van der Waals surface area contributed by atoms with E-state index in [1.165, 1.54) is 0 Å². The Kier molecular flexibility index (Phi) is 3.03. The second kappa shape index (κ2) is 5.29. The molecule has 0 amide bonds. The highest BCUT2D eigenvalue weighted by Crippen LogP contribution is 2.27. The quantitative estimate of drug-likeness (QED) is 0.485. The molecule has 0 bridgehead atoms. The average Bonchev–Trinajstić information content (AvgIpc) is 3.26. The van der Waals surface area contributed by atoms with Gasteiger partial charge in [0.05, 0.1) is 11.0 Å². The molecule has 0 atom stereocenters. The number of benzene rings is 2. The second-order valence-corrected chi connectivity index (χ2v) is 6.56. The molecule has 0 aliphatic heterocycles. The van der Waals surface area contributed by atoms with Crippen molar-refractivity contribution in [2.24, 2.45) is 0 Å². The number of hydrogen-bond acceptors (Lipinski definition) is 4. The minimum Gasteiger partial charge on any atom is -0.435 e. The summed E-state index contributed by atoms with van der Waals surface area (Å²) in [6, 6.07) is 15.4. The third kappa shape index (κ3) is 1.95. The van der Waals surface area contributed by atoms with Crippen molar-refractivity contribution in [3.05, 3.63) is 65.2 Å². The lowest BCUT2D eigenvalue weighted by atomic mass is 10.2. The van der Waals surface area contributed by atoms with Gasteiger partial charge in [-0.25, -0.2) is 9.97 Å². The van der Waals surface area contributed by atoms with E-state index in [2.05, 4.69) is 9.97 Å². The third-order valence-electron chi connectivity index (χ3n) is 4.60. The van der Waals surface area contributed by atoms with Gasteiger partial charge in [-0.05, 0) is 38.1 Å². The fourth-order valence-electron chi connectivity index (χ4n) is 3.47.